The first kappa shape index (κ1) is 11.1. The molecule has 19 heavy (non-hydrogen) atoms. The number of hydrazone groups is 1. The third kappa shape index (κ3) is 1.67. The lowest BCUT2D eigenvalue weighted by atomic mass is 9.99. The van der Waals surface area contributed by atoms with E-state index in [0.29, 0.717) is 6.04 Å². The molecule has 1 aromatic carbocycles. The lowest BCUT2D eigenvalue weighted by Gasteiger charge is -2.36. The molecule has 0 spiro atoms. The number of rotatable bonds is 1. The van der Waals surface area contributed by atoms with Crippen molar-refractivity contribution in [1.82, 2.24) is 5.01 Å². The molecule has 96 valence electrons. The van der Waals surface area contributed by atoms with Crippen molar-refractivity contribution < 1.29 is 4.74 Å². The van der Waals surface area contributed by atoms with Crippen LogP contribution in [0.4, 0.5) is 0 Å². The van der Waals surface area contributed by atoms with Crippen LogP contribution in [0.25, 0.3) is 0 Å². The van der Waals surface area contributed by atoms with Gasteiger partial charge in [0.15, 0.2) is 6.23 Å². The highest BCUT2D eigenvalue weighted by Gasteiger charge is 2.38. The molecule has 3 heterocycles. The molecule has 0 unspecified atom stereocenters. The summed E-state index contributed by atoms with van der Waals surface area (Å²) in [5, 5.41) is 8.96. The molecule has 0 bridgehead atoms. The summed E-state index contributed by atoms with van der Waals surface area (Å²) in [6.07, 6.45) is 0.961. The Bertz CT molecular complexity index is 635. The second-order valence-corrected chi connectivity index (χ2v) is 5.83. The van der Waals surface area contributed by atoms with E-state index in [1.54, 1.807) is 11.3 Å². The number of ether oxygens (including phenoxy) is 1. The first-order valence-electron chi connectivity index (χ1n) is 6.48. The summed E-state index contributed by atoms with van der Waals surface area (Å²) in [6, 6.07) is 12.8. The van der Waals surface area contributed by atoms with Crippen molar-refractivity contribution in [3.63, 3.8) is 0 Å². The number of hydrogen-bond donors (Lipinski definition) is 0. The quantitative estimate of drug-likeness (QED) is 0.790. The average molecular weight is 270 g/mol. The van der Waals surface area contributed by atoms with Gasteiger partial charge in [0.1, 0.15) is 5.75 Å². The Morgan fingerprint density at radius 2 is 2.16 bits per heavy atom. The van der Waals surface area contributed by atoms with Crippen LogP contribution in [0.2, 0.25) is 0 Å². The Kier molecular flexibility index (Phi) is 2.38. The summed E-state index contributed by atoms with van der Waals surface area (Å²) >= 11 is 1.75. The molecule has 0 radical (unpaired) electrons. The predicted octanol–water partition coefficient (Wildman–Crippen LogP) is 3.64. The van der Waals surface area contributed by atoms with Gasteiger partial charge in [0.05, 0.1) is 16.6 Å². The molecule has 0 saturated heterocycles. The van der Waals surface area contributed by atoms with E-state index in [4.69, 9.17) is 9.84 Å². The maximum absolute atomic E-state index is 5.93. The van der Waals surface area contributed by atoms with E-state index >= 15 is 0 Å². The van der Waals surface area contributed by atoms with Gasteiger partial charge in [-0.05, 0) is 24.4 Å². The van der Waals surface area contributed by atoms with Crippen LogP contribution in [0.5, 0.6) is 5.75 Å². The number of benzene rings is 1. The monoisotopic (exact) mass is 270 g/mol. The molecule has 0 N–H and O–H groups in total. The smallest absolute Gasteiger partial charge is 0.185 e. The van der Waals surface area contributed by atoms with Crippen molar-refractivity contribution in [2.75, 3.05) is 0 Å². The molecule has 0 fully saturated rings. The molecular weight excluding hydrogens is 256 g/mol. The summed E-state index contributed by atoms with van der Waals surface area (Å²) < 4.78 is 5.93. The molecule has 2 aliphatic rings. The van der Waals surface area contributed by atoms with Gasteiger partial charge in [-0.1, -0.05) is 24.3 Å². The molecule has 4 heteroatoms. The Hall–Kier alpha value is -1.81. The van der Waals surface area contributed by atoms with Crippen LogP contribution in [0, 0.1) is 0 Å². The van der Waals surface area contributed by atoms with E-state index in [1.807, 2.05) is 12.1 Å². The lowest BCUT2D eigenvalue weighted by molar-refractivity contribution is -0.00334. The third-order valence-corrected chi connectivity index (χ3v) is 4.61. The van der Waals surface area contributed by atoms with Crippen molar-refractivity contribution in [1.29, 1.82) is 0 Å². The van der Waals surface area contributed by atoms with Crippen LogP contribution in [0.15, 0.2) is 46.9 Å². The predicted molar refractivity (Wildman–Crippen MR) is 76.6 cm³/mol. The van der Waals surface area contributed by atoms with Gasteiger partial charge in [-0.3, -0.25) is 5.01 Å². The highest BCUT2D eigenvalue weighted by molar-refractivity contribution is 7.12. The minimum atomic E-state index is -0.00244. The van der Waals surface area contributed by atoms with Gasteiger partial charge in [0.25, 0.3) is 0 Å². The molecule has 3 nitrogen and oxygen atoms in total. The van der Waals surface area contributed by atoms with Crippen molar-refractivity contribution in [3.05, 3.63) is 52.2 Å². The Balaban J connectivity index is 1.75. The standard InChI is InChI=1S/C15H14N2OS/c1-10-17-13(11-5-2-3-6-14(11)18-10)9-12(16-17)15-7-4-8-19-15/h2-8,10,13H,9H2,1H3/t10-,13-/m1/s1. The molecule has 0 saturated carbocycles. The molecule has 0 aliphatic carbocycles. The molecule has 2 atom stereocenters. The number of para-hydroxylation sites is 1. The molecule has 4 rings (SSSR count). The summed E-state index contributed by atoms with van der Waals surface area (Å²) in [6.45, 7) is 2.06. The molecule has 2 aliphatic heterocycles. The van der Waals surface area contributed by atoms with E-state index in [-0.39, 0.29) is 6.23 Å². The zero-order valence-corrected chi connectivity index (χ0v) is 11.4. The zero-order valence-electron chi connectivity index (χ0n) is 10.6. The van der Waals surface area contributed by atoms with Gasteiger partial charge in [0, 0.05) is 12.0 Å². The highest BCUT2D eigenvalue weighted by atomic mass is 32.1. The topological polar surface area (TPSA) is 24.8 Å². The number of hydrogen-bond acceptors (Lipinski definition) is 4. The van der Waals surface area contributed by atoms with Gasteiger partial charge < -0.3 is 4.74 Å². The molecule has 0 amide bonds. The fourth-order valence-corrected chi connectivity index (χ4v) is 3.53. The number of fused-ring (bicyclic) bond motifs is 3. The average Bonchev–Trinajstić information content (AvgIpc) is 3.08. The van der Waals surface area contributed by atoms with Crippen molar-refractivity contribution in [3.8, 4) is 5.75 Å². The normalized spacial score (nSPS) is 24.5. The number of thiophene rings is 1. The molecular formula is C15H14N2OS. The SMILES string of the molecule is C[C@H]1Oc2ccccc2[C@H]2CC(c3cccs3)=NN21. The Labute approximate surface area is 116 Å². The van der Waals surface area contributed by atoms with Gasteiger partial charge in [0.2, 0.25) is 0 Å². The van der Waals surface area contributed by atoms with E-state index in [9.17, 15) is 0 Å². The third-order valence-electron chi connectivity index (χ3n) is 3.70. The molecule has 2 aromatic rings. The second-order valence-electron chi connectivity index (χ2n) is 4.88. The molecule has 1 aromatic heterocycles. The van der Waals surface area contributed by atoms with E-state index < -0.39 is 0 Å². The maximum atomic E-state index is 5.93. The Morgan fingerprint density at radius 1 is 1.26 bits per heavy atom. The number of nitrogens with zero attached hydrogens (tertiary/aromatic N) is 2. The van der Waals surface area contributed by atoms with E-state index in [0.717, 1.165) is 12.2 Å². The summed E-state index contributed by atoms with van der Waals surface area (Å²) in [5.74, 6) is 0.999. The minimum absolute atomic E-state index is 0.00244. The maximum Gasteiger partial charge on any atom is 0.185 e. The fourth-order valence-electron chi connectivity index (χ4n) is 2.81. The van der Waals surface area contributed by atoms with Crippen LogP contribution in [0.3, 0.4) is 0 Å². The summed E-state index contributed by atoms with van der Waals surface area (Å²) in [4.78, 5) is 1.26. The second kappa shape index (κ2) is 4.10. The van der Waals surface area contributed by atoms with Crippen LogP contribution in [0.1, 0.15) is 29.8 Å². The summed E-state index contributed by atoms with van der Waals surface area (Å²) in [5.41, 5.74) is 2.42. The van der Waals surface area contributed by atoms with Crippen molar-refractivity contribution in [2.45, 2.75) is 25.6 Å². The van der Waals surface area contributed by atoms with Crippen molar-refractivity contribution >= 4 is 17.0 Å². The van der Waals surface area contributed by atoms with Crippen LogP contribution in [-0.2, 0) is 0 Å². The van der Waals surface area contributed by atoms with Gasteiger partial charge in [-0.15, -0.1) is 11.3 Å². The van der Waals surface area contributed by atoms with Crippen LogP contribution in [-0.4, -0.2) is 16.9 Å². The first-order chi connectivity index (χ1) is 9.33. The largest absolute Gasteiger partial charge is 0.469 e. The van der Waals surface area contributed by atoms with Gasteiger partial charge >= 0.3 is 0 Å². The highest BCUT2D eigenvalue weighted by Crippen LogP contribution is 2.42. The Morgan fingerprint density at radius 3 is 3.00 bits per heavy atom. The zero-order chi connectivity index (χ0) is 12.8. The van der Waals surface area contributed by atoms with Gasteiger partial charge in [-0.25, -0.2) is 0 Å². The van der Waals surface area contributed by atoms with E-state index in [2.05, 4.69) is 41.6 Å². The summed E-state index contributed by atoms with van der Waals surface area (Å²) in [7, 11) is 0. The first-order valence-corrected chi connectivity index (χ1v) is 7.36. The van der Waals surface area contributed by atoms with Crippen LogP contribution >= 0.6 is 11.3 Å². The lowest BCUT2D eigenvalue weighted by Crippen LogP contribution is -2.37. The minimum Gasteiger partial charge on any atom is -0.469 e. The van der Waals surface area contributed by atoms with Crippen LogP contribution < -0.4 is 4.74 Å². The van der Waals surface area contributed by atoms with E-state index in [1.165, 1.54) is 16.2 Å². The fraction of sp³-hybridized carbons (Fsp3) is 0.267. The van der Waals surface area contributed by atoms with Gasteiger partial charge in [-0.2, -0.15) is 5.10 Å². The van der Waals surface area contributed by atoms with Crippen molar-refractivity contribution in [2.24, 2.45) is 5.10 Å².